The molecule has 0 spiro atoms. The van der Waals surface area contributed by atoms with Gasteiger partial charge in [0, 0.05) is 31.6 Å². The van der Waals surface area contributed by atoms with Crippen molar-refractivity contribution in [2.24, 2.45) is 0 Å². The first kappa shape index (κ1) is 14.9. The van der Waals surface area contributed by atoms with Gasteiger partial charge in [0.25, 0.3) is 0 Å². The Balaban J connectivity index is 1.78. The molecule has 4 rings (SSSR count). The lowest BCUT2D eigenvalue weighted by molar-refractivity contribution is 0.312. The molecule has 122 valence electrons. The Bertz CT molecular complexity index is 854. The molecule has 1 aromatic heterocycles. The van der Waals surface area contributed by atoms with Crippen molar-refractivity contribution >= 4 is 22.7 Å². The van der Waals surface area contributed by atoms with E-state index in [0.29, 0.717) is 5.95 Å². The van der Waals surface area contributed by atoms with E-state index in [2.05, 4.69) is 57.1 Å². The molecule has 0 aliphatic carbocycles. The lowest BCUT2D eigenvalue weighted by atomic mass is 10.0. The van der Waals surface area contributed by atoms with Gasteiger partial charge in [0.05, 0.1) is 5.52 Å². The highest BCUT2D eigenvalue weighted by Gasteiger charge is 2.18. The van der Waals surface area contributed by atoms with Crippen molar-refractivity contribution < 1.29 is 0 Å². The van der Waals surface area contributed by atoms with Crippen LogP contribution in [0.5, 0.6) is 0 Å². The largest absolute Gasteiger partial charge is 0.368 e. The fourth-order valence-electron chi connectivity index (χ4n) is 3.20. The van der Waals surface area contributed by atoms with Gasteiger partial charge in [-0.1, -0.05) is 36.4 Å². The van der Waals surface area contributed by atoms with Gasteiger partial charge in [0.2, 0.25) is 5.95 Å². The van der Waals surface area contributed by atoms with Crippen molar-refractivity contribution in [3.63, 3.8) is 0 Å². The third kappa shape index (κ3) is 2.78. The van der Waals surface area contributed by atoms with E-state index < -0.39 is 0 Å². The van der Waals surface area contributed by atoms with Gasteiger partial charge in [-0.05, 0) is 30.3 Å². The lowest BCUT2D eigenvalue weighted by Crippen LogP contribution is -2.45. The van der Waals surface area contributed by atoms with Crippen LogP contribution in [0.15, 0.2) is 48.5 Å². The number of anilines is 2. The maximum absolute atomic E-state index is 5.99. The van der Waals surface area contributed by atoms with E-state index in [4.69, 9.17) is 5.73 Å². The van der Waals surface area contributed by atoms with Crippen LogP contribution in [0.4, 0.5) is 11.8 Å². The summed E-state index contributed by atoms with van der Waals surface area (Å²) in [5, 5.41) is 1.06. The lowest BCUT2D eigenvalue weighted by Gasteiger charge is -2.33. The van der Waals surface area contributed by atoms with Gasteiger partial charge in [-0.2, -0.15) is 4.98 Å². The van der Waals surface area contributed by atoms with E-state index in [1.165, 1.54) is 5.56 Å². The number of hydrogen-bond donors (Lipinski definition) is 1. The number of benzene rings is 2. The number of likely N-dealkylation sites (N-methyl/N-ethyl adjacent to an activating group) is 1. The summed E-state index contributed by atoms with van der Waals surface area (Å²) in [5.41, 5.74) is 9.21. The fourth-order valence-corrected chi connectivity index (χ4v) is 3.20. The molecule has 1 aliphatic rings. The van der Waals surface area contributed by atoms with E-state index in [1.54, 1.807) is 0 Å². The molecule has 2 heterocycles. The molecule has 0 atom stereocenters. The second-order valence-electron chi connectivity index (χ2n) is 6.29. The van der Waals surface area contributed by atoms with Crippen molar-refractivity contribution in [2.75, 3.05) is 43.9 Å². The van der Waals surface area contributed by atoms with Crippen LogP contribution in [0.25, 0.3) is 22.0 Å². The van der Waals surface area contributed by atoms with E-state index >= 15 is 0 Å². The normalized spacial score (nSPS) is 15.8. The number of nitrogens with two attached hydrogens (primary N) is 1. The predicted octanol–water partition coefficient (Wildman–Crippen LogP) is 2.63. The van der Waals surface area contributed by atoms with E-state index in [1.807, 2.05) is 18.2 Å². The molecule has 1 aliphatic heterocycles. The van der Waals surface area contributed by atoms with Crippen LogP contribution in [0, 0.1) is 0 Å². The van der Waals surface area contributed by atoms with Gasteiger partial charge in [0.15, 0.2) is 0 Å². The Morgan fingerprint density at radius 3 is 2.38 bits per heavy atom. The van der Waals surface area contributed by atoms with Crippen LogP contribution in [0.3, 0.4) is 0 Å². The summed E-state index contributed by atoms with van der Waals surface area (Å²) in [6, 6.07) is 16.7. The average molecular weight is 319 g/mol. The van der Waals surface area contributed by atoms with Gasteiger partial charge in [0.1, 0.15) is 5.82 Å². The maximum Gasteiger partial charge on any atom is 0.222 e. The third-order valence-electron chi connectivity index (χ3n) is 4.60. The second-order valence-corrected chi connectivity index (χ2v) is 6.29. The predicted molar refractivity (Wildman–Crippen MR) is 99.1 cm³/mol. The minimum absolute atomic E-state index is 0.335. The molecule has 3 aromatic rings. The van der Waals surface area contributed by atoms with E-state index in [9.17, 15) is 0 Å². The first-order chi connectivity index (χ1) is 11.7. The summed E-state index contributed by atoms with van der Waals surface area (Å²) < 4.78 is 0. The van der Waals surface area contributed by atoms with Crippen LogP contribution in [0.1, 0.15) is 0 Å². The highest BCUT2D eigenvalue weighted by atomic mass is 15.3. The average Bonchev–Trinajstić information content (AvgIpc) is 2.62. The van der Waals surface area contributed by atoms with Gasteiger partial charge in [-0.25, -0.2) is 4.98 Å². The van der Waals surface area contributed by atoms with Crippen LogP contribution in [-0.4, -0.2) is 48.1 Å². The van der Waals surface area contributed by atoms with Gasteiger partial charge in [-0.3, -0.25) is 0 Å². The summed E-state index contributed by atoms with van der Waals surface area (Å²) in [4.78, 5) is 13.6. The summed E-state index contributed by atoms with van der Waals surface area (Å²) in [6.07, 6.45) is 0. The molecule has 0 bridgehead atoms. The van der Waals surface area contributed by atoms with Crippen molar-refractivity contribution in [3.8, 4) is 11.1 Å². The van der Waals surface area contributed by atoms with E-state index in [-0.39, 0.29) is 0 Å². The number of fused-ring (bicyclic) bond motifs is 1. The third-order valence-corrected chi connectivity index (χ3v) is 4.60. The number of nitrogen functional groups attached to an aromatic ring is 1. The number of rotatable bonds is 2. The van der Waals surface area contributed by atoms with Crippen molar-refractivity contribution in [1.29, 1.82) is 0 Å². The molecule has 1 fully saturated rings. The fraction of sp³-hybridized carbons (Fsp3) is 0.263. The number of hydrogen-bond acceptors (Lipinski definition) is 5. The first-order valence-electron chi connectivity index (χ1n) is 8.27. The van der Waals surface area contributed by atoms with Gasteiger partial charge < -0.3 is 15.5 Å². The SMILES string of the molecule is CN1CCN(c2nc(N)nc3cc(-c4ccccc4)ccc23)CC1. The summed E-state index contributed by atoms with van der Waals surface area (Å²) in [5.74, 6) is 1.28. The molecule has 0 radical (unpaired) electrons. The monoisotopic (exact) mass is 319 g/mol. The molecule has 0 unspecified atom stereocenters. The smallest absolute Gasteiger partial charge is 0.222 e. The standard InChI is InChI=1S/C19H21N5/c1-23-9-11-24(12-10-23)18-16-8-7-15(14-5-3-2-4-6-14)13-17(16)21-19(20)22-18/h2-8,13H,9-12H2,1H3,(H2,20,21,22). The molecule has 0 saturated carbocycles. The summed E-state index contributed by atoms with van der Waals surface area (Å²) in [6.45, 7) is 3.99. The molecular formula is C19H21N5. The Morgan fingerprint density at radius 2 is 1.62 bits per heavy atom. The summed E-state index contributed by atoms with van der Waals surface area (Å²) in [7, 11) is 2.15. The number of aromatic nitrogens is 2. The summed E-state index contributed by atoms with van der Waals surface area (Å²) >= 11 is 0. The van der Waals surface area contributed by atoms with Crippen LogP contribution >= 0.6 is 0 Å². The van der Waals surface area contributed by atoms with Crippen LogP contribution in [-0.2, 0) is 0 Å². The quantitative estimate of drug-likeness (QED) is 0.787. The minimum Gasteiger partial charge on any atom is -0.368 e. The van der Waals surface area contributed by atoms with Crippen molar-refractivity contribution in [2.45, 2.75) is 0 Å². The second kappa shape index (κ2) is 6.09. The Kier molecular flexibility index (Phi) is 3.78. The number of nitrogens with zero attached hydrogens (tertiary/aromatic N) is 4. The molecule has 0 amide bonds. The van der Waals surface area contributed by atoms with Crippen LogP contribution < -0.4 is 10.6 Å². The molecule has 5 nitrogen and oxygen atoms in total. The van der Waals surface area contributed by atoms with Crippen molar-refractivity contribution in [1.82, 2.24) is 14.9 Å². The maximum atomic E-state index is 5.99. The topological polar surface area (TPSA) is 58.3 Å². The number of piperazine rings is 1. The molecule has 5 heteroatoms. The zero-order valence-corrected chi connectivity index (χ0v) is 13.8. The molecule has 1 saturated heterocycles. The van der Waals surface area contributed by atoms with Crippen LogP contribution in [0.2, 0.25) is 0 Å². The minimum atomic E-state index is 0.335. The Labute approximate surface area is 141 Å². The highest BCUT2D eigenvalue weighted by molar-refractivity contribution is 5.93. The molecule has 2 N–H and O–H groups in total. The van der Waals surface area contributed by atoms with Gasteiger partial charge >= 0.3 is 0 Å². The van der Waals surface area contributed by atoms with Gasteiger partial charge in [-0.15, -0.1) is 0 Å². The zero-order chi connectivity index (χ0) is 16.5. The Morgan fingerprint density at radius 1 is 0.875 bits per heavy atom. The Hall–Kier alpha value is -2.66. The van der Waals surface area contributed by atoms with E-state index in [0.717, 1.165) is 48.5 Å². The molecular weight excluding hydrogens is 298 g/mol. The zero-order valence-electron chi connectivity index (χ0n) is 13.8. The first-order valence-corrected chi connectivity index (χ1v) is 8.27. The highest BCUT2D eigenvalue weighted by Crippen LogP contribution is 2.29. The molecule has 2 aromatic carbocycles. The van der Waals surface area contributed by atoms with Crippen molar-refractivity contribution in [3.05, 3.63) is 48.5 Å². The molecule has 24 heavy (non-hydrogen) atoms.